The van der Waals surface area contributed by atoms with Crippen LogP contribution in [0.15, 0.2) is 40.9 Å². The summed E-state index contributed by atoms with van der Waals surface area (Å²) in [7, 11) is 3.18. The molecule has 1 heterocycles. The fraction of sp³-hybridized carbons (Fsp3) is 0.526. The van der Waals surface area contributed by atoms with Gasteiger partial charge in [0.05, 0.1) is 6.54 Å². The quantitative estimate of drug-likeness (QED) is 0.639. The molecule has 1 N–H and O–H groups in total. The molecule has 1 fully saturated rings. The summed E-state index contributed by atoms with van der Waals surface area (Å²) in [5.41, 5.74) is 2.62. The van der Waals surface area contributed by atoms with E-state index < -0.39 is 12.7 Å². The summed E-state index contributed by atoms with van der Waals surface area (Å²) in [5, 5.41) is 3.17. The minimum absolute atomic E-state index is 0.311. The fourth-order valence-corrected chi connectivity index (χ4v) is 3.01. The molecule has 1 aliphatic rings. The summed E-state index contributed by atoms with van der Waals surface area (Å²) in [5.74, 6) is 0.754. The molecule has 0 amide bonds. The first-order valence-corrected chi connectivity index (χ1v) is 8.83. The van der Waals surface area contributed by atoms with Crippen molar-refractivity contribution in [2.24, 2.45) is 4.99 Å². The number of guanidine groups is 1. The number of hydrogen-bond donors (Lipinski definition) is 1. The molecule has 4 nitrogen and oxygen atoms in total. The molecule has 1 saturated heterocycles. The second kappa shape index (κ2) is 9.62. The van der Waals surface area contributed by atoms with Crippen LogP contribution in [0.25, 0.3) is 6.08 Å². The molecule has 1 aromatic rings. The van der Waals surface area contributed by atoms with Crippen molar-refractivity contribution >= 4 is 12.0 Å². The lowest BCUT2D eigenvalue weighted by Crippen LogP contribution is -2.46. The maximum atomic E-state index is 12.3. The number of nitrogens with zero attached hydrogens (tertiary/aromatic N) is 3. The van der Waals surface area contributed by atoms with Crippen LogP contribution in [0.2, 0.25) is 0 Å². The first-order valence-electron chi connectivity index (χ1n) is 8.83. The Balaban J connectivity index is 1.77. The van der Waals surface area contributed by atoms with E-state index in [2.05, 4.69) is 33.4 Å². The number of hydrogen-bond acceptors (Lipinski definition) is 2. The van der Waals surface area contributed by atoms with Gasteiger partial charge in [0.25, 0.3) is 0 Å². The summed E-state index contributed by atoms with van der Waals surface area (Å²) in [6.45, 7) is 1.56. The molecule has 0 spiro atoms. The van der Waals surface area contributed by atoms with Gasteiger partial charge >= 0.3 is 6.18 Å². The van der Waals surface area contributed by atoms with Crippen molar-refractivity contribution in [3.8, 4) is 0 Å². The van der Waals surface area contributed by atoms with Crippen molar-refractivity contribution in [1.29, 1.82) is 0 Å². The van der Waals surface area contributed by atoms with E-state index in [1.165, 1.54) is 23.1 Å². The van der Waals surface area contributed by atoms with Gasteiger partial charge in [0.15, 0.2) is 5.96 Å². The summed E-state index contributed by atoms with van der Waals surface area (Å²) in [4.78, 5) is 7.68. The SMILES string of the molecule is CN=C(NCCN(C)CC(F)(F)F)N1CCC(=Cc2ccccc2)CC1. The largest absolute Gasteiger partial charge is 0.401 e. The van der Waals surface area contributed by atoms with Gasteiger partial charge < -0.3 is 10.2 Å². The number of alkyl halides is 3. The Hall–Kier alpha value is -2.02. The van der Waals surface area contributed by atoms with Gasteiger partial charge in [-0.3, -0.25) is 9.89 Å². The highest BCUT2D eigenvalue weighted by Gasteiger charge is 2.28. The zero-order chi connectivity index (χ0) is 19.0. The van der Waals surface area contributed by atoms with Crippen LogP contribution in [0.3, 0.4) is 0 Å². The number of benzene rings is 1. The lowest BCUT2D eigenvalue weighted by Gasteiger charge is -2.32. The topological polar surface area (TPSA) is 30.9 Å². The number of piperidine rings is 1. The van der Waals surface area contributed by atoms with Gasteiger partial charge in [-0.05, 0) is 25.5 Å². The molecular formula is C19H27F3N4. The molecule has 7 heteroatoms. The van der Waals surface area contributed by atoms with Gasteiger partial charge in [0, 0.05) is 33.2 Å². The third kappa shape index (κ3) is 7.07. The van der Waals surface area contributed by atoms with Crippen molar-refractivity contribution in [2.75, 3.05) is 46.8 Å². The van der Waals surface area contributed by atoms with Gasteiger partial charge in [0.2, 0.25) is 0 Å². The number of nitrogens with one attached hydrogen (secondary N) is 1. The van der Waals surface area contributed by atoms with Crippen molar-refractivity contribution in [1.82, 2.24) is 15.1 Å². The highest BCUT2D eigenvalue weighted by Crippen LogP contribution is 2.19. The lowest BCUT2D eigenvalue weighted by atomic mass is 10.0. The molecule has 0 radical (unpaired) electrons. The average molecular weight is 368 g/mol. The Morgan fingerprint density at radius 2 is 1.88 bits per heavy atom. The minimum atomic E-state index is -4.16. The second-order valence-electron chi connectivity index (χ2n) is 6.53. The maximum Gasteiger partial charge on any atom is 0.401 e. The van der Waals surface area contributed by atoms with Crippen LogP contribution in [0.4, 0.5) is 13.2 Å². The predicted molar refractivity (Wildman–Crippen MR) is 100 cm³/mol. The van der Waals surface area contributed by atoms with E-state index in [9.17, 15) is 13.2 Å². The summed E-state index contributed by atoms with van der Waals surface area (Å²) >= 11 is 0. The molecule has 0 atom stereocenters. The monoisotopic (exact) mass is 368 g/mol. The molecule has 1 aliphatic heterocycles. The van der Waals surface area contributed by atoms with Crippen LogP contribution >= 0.6 is 0 Å². The van der Waals surface area contributed by atoms with Crippen LogP contribution in [0.1, 0.15) is 18.4 Å². The lowest BCUT2D eigenvalue weighted by molar-refractivity contribution is -0.142. The first kappa shape index (κ1) is 20.3. The van der Waals surface area contributed by atoms with Crippen LogP contribution in [-0.4, -0.2) is 68.8 Å². The van der Waals surface area contributed by atoms with E-state index in [0.717, 1.165) is 31.9 Å². The standard InChI is InChI=1S/C19H27F3N4/c1-23-18(24-10-13-25(2)15-19(20,21)22)26-11-8-17(9-12-26)14-16-6-4-3-5-7-16/h3-7,14H,8-13,15H2,1-2H3,(H,23,24). The van der Waals surface area contributed by atoms with E-state index in [-0.39, 0.29) is 0 Å². The van der Waals surface area contributed by atoms with E-state index in [4.69, 9.17) is 0 Å². The number of halogens is 3. The van der Waals surface area contributed by atoms with Crippen LogP contribution in [-0.2, 0) is 0 Å². The van der Waals surface area contributed by atoms with Crippen LogP contribution in [0, 0.1) is 0 Å². The van der Waals surface area contributed by atoms with E-state index in [1.807, 2.05) is 18.2 Å². The summed E-state index contributed by atoms with van der Waals surface area (Å²) in [6.07, 6.45) is -0.00243. The Morgan fingerprint density at radius 3 is 2.46 bits per heavy atom. The Labute approximate surface area is 153 Å². The van der Waals surface area contributed by atoms with Gasteiger partial charge in [0.1, 0.15) is 0 Å². The molecule has 0 unspecified atom stereocenters. The first-order chi connectivity index (χ1) is 12.4. The highest BCUT2D eigenvalue weighted by atomic mass is 19.4. The third-order valence-corrected chi connectivity index (χ3v) is 4.31. The van der Waals surface area contributed by atoms with Crippen molar-refractivity contribution in [3.63, 3.8) is 0 Å². The fourth-order valence-electron chi connectivity index (χ4n) is 3.01. The van der Waals surface area contributed by atoms with Crippen molar-refractivity contribution in [3.05, 3.63) is 41.5 Å². The second-order valence-corrected chi connectivity index (χ2v) is 6.53. The smallest absolute Gasteiger partial charge is 0.355 e. The number of likely N-dealkylation sites (tertiary alicyclic amines) is 1. The van der Waals surface area contributed by atoms with Crippen molar-refractivity contribution < 1.29 is 13.2 Å². The predicted octanol–water partition coefficient (Wildman–Crippen LogP) is 3.24. The maximum absolute atomic E-state index is 12.3. The summed E-state index contributed by atoms with van der Waals surface area (Å²) in [6, 6.07) is 10.3. The number of likely N-dealkylation sites (N-methyl/N-ethyl adjacent to an activating group) is 1. The molecule has 0 saturated carbocycles. The van der Waals surface area contributed by atoms with E-state index in [0.29, 0.717) is 13.1 Å². The van der Waals surface area contributed by atoms with Gasteiger partial charge in [-0.15, -0.1) is 0 Å². The van der Waals surface area contributed by atoms with Gasteiger partial charge in [-0.1, -0.05) is 42.0 Å². The average Bonchev–Trinajstić information content (AvgIpc) is 2.59. The normalized spacial score (nSPS) is 16.2. The number of aliphatic imine (C=N–C) groups is 1. The van der Waals surface area contributed by atoms with Crippen LogP contribution in [0.5, 0.6) is 0 Å². The van der Waals surface area contributed by atoms with Crippen molar-refractivity contribution in [2.45, 2.75) is 19.0 Å². The van der Waals surface area contributed by atoms with E-state index >= 15 is 0 Å². The molecule has 1 aromatic carbocycles. The molecule has 0 bridgehead atoms. The molecular weight excluding hydrogens is 341 g/mol. The third-order valence-electron chi connectivity index (χ3n) is 4.31. The minimum Gasteiger partial charge on any atom is -0.355 e. The Kier molecular flexibility index (Phi) is 7.50. The Morgan fingerprint density at radius 1 is 1.23 bits per heavy atom. The molecule has 144 valence electrons. The van der Waals surface area contributed by atoms with E-state index in [1.54, 1.807) is 7.05 Å². The molecule has 0 aromatic heterocycles. The molecule has 2 rings (SSSR count). The summed E-state index contributed by atoms with van der Waals surface area (Å²) < 4.78 is 37.0. The van der Waals surface area contributed by atoms with Gasteiger partial charge in [-0.25, -0.2) is 0 Å². The molecule has 26 heavy (non-hydrogen) atoms. The highest BCUT2D eigenvalue weighted by molar-refractivity contribution is 5.80. The van der Waals surface area contributed by atoms with Gasteiger partial charge in [-0.2, -0.15) is 13.2 Å². The Bertz CT molecular complexity index is 601. The zero-order valence-electron chi connectivity index (χ0n) is 15.4. The zero-order valence-corrected chi connectivity index (χ0v) is 15.4. The number of rotatable bonds is 5. The van der Waals surface area contributed by atoms with Crippen LogP contribution < -0.4 is 5.32 Å². The molecule has 0 aliphatic carbocycles.